The summed E-state index contributed by atoms with van der Waals surface area (Å²) in [6, 6.07) is 0. The first-order valence-electron chi connectivity index (χ1n) is 11.9. The van der Waals surface area contributed by atoms with Crippen molar-refractivity contribution in [1.29, 1.82) is 0 Å². The molecule has 38 heavy (non-hydrogen) atoms. The molecule has 0 rings (SSSR count). The Balaban J connectivity index is -0.000000584. The van der Waals surface area contributed by atoms with E-state index in [9.17, 15) is 24.3 Å². The van der Waals surface area contributed by atoms with Crippen LogP contribution in [-0.2, 0) is 38.1 Å². The van der Waals surface area contributed by atoms with Crippen molar-refractivity contribution in [3.8, 4) is 0 Å². The molecule has 2 amide bonds. The van der Waals surface area contributed by atoms with Gasteiger partial charge in [-0.25, -0.2) is 9.59 Å². The van der Waals surface area contributed by atoms with Crippen molar-refractivity contribution in [3.63, 3.8) is 0 Å². The van der Waals surface area contributed by atoms with Crippen LogP contribution in [0.15, 0.2) is 0 Å². The van der Waals surface area contributed by atoms with Crippen LogP contribution in [0.4, 0.5) is 9.59 Å². The van der Waals surface area contributed by atoms with Crippen LogP contribution in [0.5, 0.6) is 0 Å². The van der Waals surface area contributed by atoms with E-state index in [2.05, 4.69) is 10.6 Å². The van der Waals surface area contributed by atoms with E-state index in [1.807, 2.05) is 0 Å². The minimum Gasteiger partial charge on any atom is -0.460 e. The second-order valence-electron chi connectivity index (χ2n) is 11.8. The van der Waals surface area contributed by atoms with Gasteiger partial charge < -0.3 is 29.4 Å². The van der Waals surface area contributed by atoms with E-state index in [1.165, 1.54) is 0 Å². The standard InChI is InChI=1S/C12H23NO5.C12H23NO4.CO2/c1-11(2,3)17-9(15)7-8(14)13-10(16)18-12(4,5)6;1-11(2,3)16-9(14)7-8-13-10(15)17-12(4,5)6;2-1-3/h8,14H,7H2,1-6H3,(H,13,16);7-8H2,1-6H3,(H,13,15);/t8-;;/m1../s1. The van der Waals surface area contributed by atoms with Crippen LogP contribution >= 0.6 is 0 Å². The molecule has 0 bridgehead atoms. The highest BCUT2D eigenvalue weighted by molar-refractivity contribution is 5.73. The maximum Gasteiger partial charge on any atom is 0.409 e. The van der Waals surface area contributed by atoms with Crippen molar-refractivity contribution < 1.29 is 52.8 Å². The Bertz CT molecular complexity index is 719. The number of alkyl carbamates (subject to hydrolysis) is 2. The topological polar surface area (TPSA) is 184 Å². The Labute approximate surface area is 225 Å². The third-order valence-corrected chi connectivity index (χ3v) is 2.88. The lowest BCUT2D eigenvalue weighted by Gasteiger charge is -2.22. The van der Waals surface area contributed by atoms with E-state index in [0.29, 0.717) is 0 Å². The van der Waals surface area contributed by atoms with Crippen LogP contribution in [0, 0.1) is 0 Å². The highest BCUT2D eigenvalue weighted by Gasteiger charge is 2.23. The number of rotatable bonds is 6. The van der Waals surface area contributed by atoms with Crippen LogP contribution in [0.1, 0.15) is 95.9 Å². The number of hydrogen-bond acceptors (Lipinski definition) is 11. The van der Waals surface area contributed by atoms with Crippen LogP contribution in [-0.4, -0.2) is 70.6 Å². The van der Waals surface area contributed by atoms with Gasteiger partial charge in [-0.2, -0.15) is 9.59 Å². The number of nitrogens with one attached hydrogen (secondary N) is 2. The fourth-order valence-electron chi connectivity index (χ4n) is 2.01. The van der Waals surface area contributed by atoms with E-state index in [0.717, 1.165) is 0 Å². The average Bonchev–Trinajstić information content (AvgIpc) is 2.55. The molecule has 0 aliphatic rings. The summed E-state index contributed by atoms with van der Waals surface area (Å²) in [7, 11) is 0. The Kier molecular flexibility index (Phi) is 18.0. The zero-order valence-electron chi connectivity index (χ0n) is 24.7. The van der Waals surface area contributed by atoms with Crippen molar-refractivity contribution in [2.75, 3.05) is 6.54 Å². The summed E-state index contributed by atoms with van der Waals surface area (Å²) in [5, 5.41) is 14.1. The summed E-state index contributed by atoms with van der Waals surface area (Å²) < 4.78 is 20.0. The van der Waals surface area contributed by atoms with Crippen LogP contribution in [0.25, 0.3) is 0 Å². The number of carbonyl (C=O) groups excluding carboxylic acids is 6. The van der Waals surface area contributed by atoms with Crippen molar-refractivity contribution in [2.45, 2.75) is 125 Å². The van der Waals surface area contributed by atoms with E-state index in [1.54, 1.807) is 83.1 Å². The zero-order valence-corrected chi connectivity index (χ0v) is 24.7. The van der Waals surface area contributed by atoms with E-state index < -0.39 is 46.8 Å². The Morgan fingerprint density at radius 3 is 1.37 bits per heavy atom. The molecule has 0 heterocycles. The van der Waals surface area contributed by atoms with E-state index >= 15 is 0 Å². The second-order valence-corrected chi connectivity index (χ2v) is 11.8. The van der Waals surface area contributed by atoms with Gasteiger partial charge in [0.1, 0.15) is 28.6 Å². The minimum atomic E-state index is -1.32. The van der Waals surface area contributed by atoms with Crippen molar-refractivity contribution >= 4 is 30.3 Å². The predicted octanol–water partition coefficient (Wildman–Crippen LogP) is 3.22. The summed E-state index contributed by atoms with van der Waals surface area (Å²) in [4.78, 5) is 61.5. The first-order valence-corrected chi connectivity index (χ1v) is 11.9. The average molecular weight is 551 g/mol. The zero-order chi connectivity index (χ0) is 31.0. The monoisotopic (exact) mass is 550 g/mol. The molecule has 0 aromatic carbocycles. The molecule has 0 unspecified atom stereocenters. The predicted molar refractivity (Wildman–Crippen MR) is 136 cm³/mol. The number of aliphatic hydroxyl groups excluding tert-OH is 1. The van der Waals surface area contributed by atoms with Gasteiger partial charge in [-0.3, -0.25) is 14.9 Å². The van der Waals surface area contributed by atoms with E-state index in [4.69, 9.17) is 28.5 Å². The fourth-order valence-corrected chi connectivity index (χ4v) is 2.01. The Morgan fingerprint density at radius 2 is 1.00 bits per heavy atom. The molecule has 0 aromatic rings. The number of aliphatic hydroxyl groups is 1. The van der Waals surface area contributed by atoms with Gasteiger partial charge in [-0.1, -0.05) is 0 Å². The van der Waals surface area contributed by atoms with Gasteiger partial charge in [0, 0.05) is 6.54 Å². The number of ether oxygens (including phenoxy) is 4. The maximum absolute atomic E-state index is 11.4. The lowest BCUT2D eigenvalue weighted by Crippen LogP contribution is -2.40. The summed E-state index contributed by atoms with van der Waals surface area (Å²) in [6.45, 7) is 21.2. The number of hydrogen-bond donors (Lipinski definition) is 3. The molecule has 1 atom stereocenters. The highest BCUT2D eigenvalue weighted by Crippen LogP contribution is 2.10. The van der Waals surface area contributed by atoms with Crippen molar-refractivity contribution in [1.82, 2.24) is 10.6 Å². The van der Waals surface area contributed by atoms with Crippen LogP contribution < -0.4 is 10.6 Å². The van der Waals surface area contributed by atoms with Gasteiger partial charge in [0.25, 0.3) is 0 Å². The molecule has 0 fully saturated rings. The molecule has 222 valence electrons. The Hall–Kier alpha value is -3.18. The molecule has 0 saturated carbocycles. The lowest BCUT2D eigenvalue weighted by molar-refractivity contribution is -0.191. The highest BCUT2D eigenvalue weighted by atomic mass is 16.6. The molecule has 0 aromatic heterocycles. The summed E-state index contributed by atoms with van der Waals surface area (Å²) in [6.07, 6.45) is -2.57. The van der Waals surface area contributed by atoms with Gasteiger partial charge in [-0.15, -0.1) is 0 Å². The van der Waals surface area contributed by atoms with Gasteiger partial charge in [0.2, 0.25) is 0 Å². The number of carbonyl (C=O) groups is 4. The minimum absolute atomic E-state index is 0.135. The molecular weight excluding hydrogens is 504 g/mol. The lowest BCUT2D eigenvalue weighted by atomic mass is 10.2. The third-order valence-electron chi connectivity index (χ3n) is 2.88. The van der Waals surface area contributed by atoms with E-state index in [-0.39, 0.29) is 31.5 Å². The van der Waals surface area contributed by atoms with Crippen LogP contribution in [0.2, 0.25) is 0 Å². The number of amides is 2. The largest absolute Gasteiger partial charge is 0.460 e. The normalized spacial score (nSPS) is 12.0. The SMILES string of the molecule is CC(C)(C)OC(=O)CCNC(=O)OC(C)(C)C.CC(C)(C)OC(=O)C[C@@H](O)NC(=O)OC(C)(C)C.O=C=O. The fraction of sp³-hybridized carbons (Fsp3) is 0.800. The van der Waals surface area contributed by atoms with Crippen molar-refractivity contribution in [3.05, 3.63) is 0 Å². The summed E-state index contributed by atoms with van der Waals surface area (Å²) >= 11 is 0. The van der Waals surface area contributed by atoms with Crippen molar-refractivity contribution in [2.24, 2.45) is 0 Å². The smallest absolute Gasteiger partial charge is 0.409 e. The number of esters is 2. The van der Waals surface area contributed by atoms with Gasteiger partial charge >= 0.3 is 30.3 Å². The molecular formula is C25H46N2O11. The van der Waals surface area contributed by atoms with Gasteiger partial charge in [0.05, 0.1) is 12.8 Å². The molecule has 13 heteroatoms. The molecule has 0 aliphatic heterocycles. The van der Waals surface area contributed by atoms with Crippen LogP contribution in [0.3, 0.4) is 0 Å². The summed E-state index contributed by atoms with van der Waals surface area (Å²) in [5.74, 6) is -0.931. The second kappa shape index (κ2) is 17.4. The maximum atomic E-state index is 11.4. The van der Waals surface area contributed by atoms with Gasteiger partial charge in [0.15, 0.2) is 0 Å². The van der Waals surface area contributed by atoms with Gasteiger partial charge in [-0.05, 0) is 83.1 Å². The quantitative estimate of drug-likeness (QED) is 0.251. The summed E-state index contributed by atoms with van der Waals surface area (Å²) in [5.41, 5.74) is -2.31. The molecule has 0 saturated heterocycles. The molecule has 0 aliphatic carbocycles. The first kappa shape index (κ1) is 39.3. The first-order chi connectivity index (χ1) is 16.8. The molecule has 0 radical (unpaired) electrons. The molecule has 13 nitrogen and oxygen atoms in total. The molecule has 0 spiro atoms. The Morgan fingerprint density at radius 1 is 0.658 bits per heavy atom. The molecule has 3 N–H and O–H groups in total. The third kappa shape index (κ3) is 35.0.